The molecule has 56 valence electrons. The molecule has 0 bridgehead atoms. The maximum Gasteiger partial charge on any atom is -0.0103 e. The molecular formula is C12H8. The van der Waals surface area contributed by atoms with Gasteiger partial charge in [-0.2, -0.15) is 0 Å². The van der Waals surface area contributed by atoms with Crippen LogP contribution in [0.4, 0.5) is 0 Å². The van der Waals surface area contributed by atoms with Gasteiger partial charge >= 0.3 is 0 Å². The van der Waals surface area contributed by atoms with Gasteiger partial charge in [-0.1, -0.05) is 36.3 Å². The molecule has 0 heterocycles. The van der Waals surface area contributed by atoms with E-state index in [1.165, 1.54) is 0 Å². The molecule has 0 aliphatic heterocycles. The highest BCUT2D eigenvalue weighted by molar-refractivity contribution is 5.52. The van der Waals surface area contributed by atoms with E-state index >= 15 is 0 Å². The first-order valence-electron chi connectivity index (χ1n) is 3.61. The van der Waals surface area contributed by atoms with Crippen LogP contribution in [0.5, 0.6) is 0 Å². The molecule has 1 rings (SSSR count). The van der Waals surface area contributed by atoms with Crippen molar-refractivity contribution in [2.75, 3.05) is 0 Å². The normalized spacial score (nSPS) is 8.58. The lowest BCUT2D eigenvalue weighted by atomic mass is 10.2. The van der Waals surface area contributed by atoms with Gasteiger partial charge in [0, 0.05) is 0 Å². The minimum atomic E-state index is 1.13. The smallest absolute Gasteiger partial charge is 0.0103 e. The standard InChI is InChI=1S/C12H8/c1-2-3-4-6-9-12-10-7-5-8-11-12/h1,5-11H/b9-6+. The van der Waals surface area contributed by atoms with Crippen LogP contribution in [0.15, 0.2) is 36.4 Å². The molecule has 0 aliphatic carbocycles. The van der Waals surface area contributed by atoms with Crippen molar-refractivity contribution in [1.29, 1.82) is 0 Å². The average Bonchev–Trinajstić information content (AvgIpc) is 2.14. The molecule has 0 amide bonds. The summed E-state index contributed by atoms with van der Waals surface area (Å²) in [7, 11) is 0. The number of hydrogen-bond acceptors (Lipinski definition) is 0. The molecule has 0 saturated heterocycles. The van der Waals surface area contributed by atoms with Crippen molar-refractivity contribution >= 4 is 6.08 Å². The van der Waals surface area contributed by atoms with E-state index in [4.69, 9.17) is 6.42 Å². The van der Waals surface area contributed by atoms with E-state index in [1.807, 2.05) is 36.4 Å². The lowest BCUT2D eigenvalue weighted by Crippen LogP contribution is -1.66. The highest BCUT2D eigenvalue weighted by Crippen LogP contribution is 1.99. The van der Waals surface area contributed by atoms with Crippen LogP contribution in [-0.2, 0) is 0 Å². The molecular weight excluding hydrogens is 144 g/mol. The second kappa shape index (κ2) is 4.83. The van der Waals surface area contributed by atoms with Gasteiger partial charge in [-0.15, -0.1) is 6.42 Å². The minimum Gasteiger partial charge on any atom is -0.106 e. The van der Waals surface area contributed by atoms with Gasteiger partial charge in [0.25, 0.3) is 0 Å². The fourth-order valence-corrected chi connectivity index (χ4v) is 0.785. The van der Waals surface area contributed by atoms with Crippen LogP contribution in [0.1, 0.15) is 5.56 Å². The summed E-state index contributed by atoms with van der Waals surface area (Å²) < 4.78 is 0. The Bertz CT molecular complexity index is 353. The van der Waals surface area contributed by atoms with E-state index in [9.17, 15) is 0 Å². The summed E-state index contributed by atoms with van der Waals surface area (Å²) >= 11 is 0. The molecule has 0 unspecified atom stereocenters. The summed E-state index contributed by atoms with van der Waals surface area (Å²) in [5, 5.41) is 0. The first kappa shape index (κ1) is 8.18. The topological polar surface area (TPSA) is 0 Å². The van der Waals surface area contributed by atoms with Crippen LogP contribution >= 0.6 is 0 Å². The van der Waals surface area contributed by atoms with E-state index in [0.717, 1.165) is 5.56 Å². The zero-order valence-corrected chi connectivity index (χ0v) is 6.62. The predicted octanol–water partition coefficient (Wildman–Crippen LogP) is 2.34. The number of terminal acetylenes is 1. The van der Waals surface area contributed by atoms with Crippen LogP contribution in [0.25, 0.3) is 6.08 Å². The summed E-state index contributed by atoms with van der Waals surface area (Å²) in [5.74, 6) is 7.47. The molecule has 12 heavy (non-hydrogen) atoms. The van der Waals surface area contributed by atoms with Gasteiger partial charge in [0.1, 0.15) is 0 Å². The van der Waals surface area contributed by atoms with Crippen molar-refractivity contribution in [2.24, 2.45) is 0 Å². The largest absolute Gasteiger partial charge is 0.106 e. The molecule has 0 saturated carbocycles. The zero-order valence-electron chi connectivity index (χ0n) is 6.62. The van der Waals surface area contributed by atoms with Gasteiger partial charge in [-0.25, -0.2) is 0 Å². The second-order valence-electron chi connectivity index (χ2n) is 2.16. The fraction of sp³-hybridized carbons (Fsp3) is 0. The van der Waals surface area contributed by atoms with Crippen molar-refractivity contribution in [3.8, 4) is 24.2 Å². The molecule has 0 radical (unpaired) electrons. The fourth-order valence-electron chi connectivity index (χ4n) is 0.785. The Balaban J connectivity index is 2.66. The summed E-state index contributed by atoms with van der Waals surface area (Å²) in [6.07, 6.45) is 8.62. The van der Waals surface area contributed by atoms with Crippen molar-refractivity contribution < 1.29 is 0 Å². The van der Waals surface area contributed by atoms with Crippen LogP contribution < -0.4 is 0 Å². The van der Waals surface area contributed by atoms with Gasteiger partial charge in [-0.05, 0) is 29.6 Å². The quantitative estimate of drug-likeness (QED) is 0.542. The first-order valence-corrected chi connectivity index (χ1v) is 3.61. The third-order valence-electron chi connectivity index (χ3n) is 1.30. The molecule has 0 nitrogen and oxygen atoms in total. The zero-order chi connectivity index (χ0) is 8.65. The van der Waals surface area contributed by atoms with Crippen LogP contribution in [0, 0.1) is 24.2 Å². The maximum absolute atomic E-state index is 4.95. The Hall–Kier alpha value is -1.92. The lowest BCUT2D eigenvalue weighted by Gasteiger charge is -1.86. The van der Waals surface area contributed by atoms with Crippen LogP contribution in [0.2, 0.25) is 0 Å². The van der Waals surface area contributed by atoms with Crippen LogP contribution in [-0.4, -0.2) is 0 Å². The first-order chi connectivity index (χ1) is 5.93. The molecule has 0 aromatic heterocycles. The molecule has 0 N–H and O–H groups in total. The molecule has 0 spiro atoms. The van der Waals surface area contributed by atoms with Gasteiger partial charge in [-0.3, -0.25) is 0 Å². The van der Waals surface area contributed by atoms with E-state index in [0.29, 0.717) is 0 Å². The Morgan fingerprint density at radius 3 is 2.58 bits per heavy atom. The van der Waals surface area contributed by atoms with E-state index in [-0.39, 0.29) is 0 Å². The summed E-state index contributed by atoms with van der Waals surface area (Å²) in [6, 6.07) is 9.95. The van der Waals surface area contributed by atoms with Crippen molar-refractivity contribution in [1.82, 2.24) is 0 Å². The van der Waals surface area contributed by atoms with E-state index < -0.39 is 0 Å². The minimum absolute atomic E-state index is 1.13. The number of allylic oxidation sites excluding steroid dienone is 1. The Labute approximate surface area is 72.9 Å². The van der Waals surface area contributed by atoms with Crippen molar-refractivity contribution in [3.63, 3.8) is 0 Å². The van der Waals surface area contributed by atoms with Gasteiger partial charge in [0.05, 0.1) is 0 Å². The number of hydrogen-bond donors (Lipinski definition) is 0. The van der Waals surface area contributed by atoms with Gasteiger partial charge < -0.3 is 0 Å². The van der Waals surface area contributed by atoms with E-state index in [1.54, 1.807) is 6.08 Å². The van der Waals surface area contributed by atoms with Crippen LogP contribution in [0.3, 0.4) is 0 Å². The maximum atomic E-state index is 4.95. The molecule has 0 fully saturated rings. The predicted molar refractivity (Wildman–Crippen MR) is 52.1 cm³/mol. The molecule has 0 aliphatic rings. The Morgan fingerprint density at radius 2 is 1.92 bits per heavy atom. The number of rotatable bonds is 1. The average molecular weight is 152 g/mol. The molecule has 0 heteroatoms. The summed E-state index contributed by atoms with van der Waals surface area (Å²) in [6.45, 7) is 0. The Kier molecular flexibility index (Phi) is 3.29. The molecule has 0 atom stereocenters. The van der Waals surface area contributed by atoms with Crippen molar-refractivity contribution in [2.45, 2.75) is 0 Å². The third kappa shape index (κ3) is 2.78. The highest BCUT2D eigenvalue weighted by Gasteiger charge is 1.78. The van der Waals surface area contributed by atoms with E-state index in [2.05, 4.69) is 17.8 Å². The molecule has 1 aromatic carbocycles. The monoisotopic (exact) mass is 152 g/mol. The second-order valence-corrected chi connectivity index (χ2v) is 2.16. The Morgan fingerprint density at radius 1 is 1.17 bits per heavy atom. The van der Waals surface area contributed by atoms with Crippen molar-refractivity contribution in [3.05, 3.63) is 42.0 Å². The number of benzene rings is 1. The van der Waals surface area contributed by atoms with Gasteiger partial charge in [0.15, 0.2) is 0 Å². The molecule has 1 aromatic rings. The lowest BCUT2D eigenvalue weighted by molar-refractivity contribution is 1.66. The SMILES string of the molecule is C#CC#C/C=C/c1ccccc1. The third-order valence-corrected chi connectivity index (χ3v) is 1.30. The van der Waals surface area contributed by atoms with Gasteiger partial charge in [0.2, 0.25) is 0 Å². The summed E-state index contributed by atoms with van der Waals surface area (Å²) in [5.41, 5.74) is 1.13. The highest BCUT2D eigenvalue weighted by atomic mass is 13.8. The summed E-state index contributed by atoms with van der Waals surface area (Å²) in [4.78, 5) is 0.